The second kappa shape index (κ2) is 5.39. The second-order valence-electron chi connectivity index (χ2n) is 5.38. The summed E-state index contributed by atoms with van der Waals surface area (Å²) < 4.78 is 43.8. The highest BCUT2D eigenvalue weighted by molar-refractivity contribution is 5.30. The van der Waals surface area contributed by atoms with Crippen LogP contribution in [0.1, 0.15) is 31.7 Å². The van der Waals surface area contributed by atoms with Crippen LogP contribution in [0.3, 0.4) is 0 Å². The van der Waals surface area contributed by atoms with Gasteiger partial charge in [-0.25, -0.2) is 8.78 Å². The van der Waals surface area contributed by atoms with E-state index < -0.39 is 17.2 Å². The van der Waals surface area contributed by atoms with Crippen molar-refractivity contribution in [3.63, 3.8) is 0 Å². The molecular weight excluding hydrogens is 266 g/mol. The lowest BCUT2D eigenvalue weighted by Crippen LogP contribution is -2.35. The highest BCUT2D eigenvalue weighted by Crippen LogP contribution is 2.45. The third-order valence-corrected chi connectivity index (χ3v) is 3.99. The molecule has 0 aliphatic carbocycles. The summed E-state index contributed by atoms with van der Waals surface area (Å²) in [5.74, 6) is -1.19. The van der Waals surface area contributed by atoms with Crippen molar-refractivity contribution in [1.82, 2.24) is 0 Å². The van der Waals surface area contributed by atoms with E-state index in [4.69, 9.17) is 14.2 Å². The van der Waals surface area contributed by atoms with E-state index in [-0.39, 0.29) is 12.4 Å². The Morgan fingerprint density at radius 1 is 1.35 bits per heavy atom. The van der Waals surface area contributed by atoms with Gasteiger partial charge in [0.15, 0.2) is 6.29 Å². The van der Waals surface area contributed by atoms with Crippen LogP contribution < -0.4 is 0 Å². The number of hydrogen-bond donors (Lipinski definition) is 0. The molecule has 0 bridgehead atoms. The van der Waals surface area contributed by atoms with Crippen molar-refractivity contribution < 1.29 is 23.0 Å². The molecule has 5 heteroatoms. The molecule has 3 nitrogen and oxygen atoms in total. The zero-order chi connectivity index (χ0) is 14.2. The summed E-state index contributed by atoms with van der Waals surface area (Å²) in [6.07, 6.45) is 2.35. The molecule has 0 N–H and O–H groups in total. The van der Waals surface area contributed by atoms with Gasteiger partial charge in [0.1, 0.15) is 17.2 Å². The van der Waals surface area contributed by atoms with Gasteiger partial charge in [0.2, 0.25) is 0 Å². The van der Waals surface area contributed by atoms with E-state index in [0.717, 1.165) is 25.3 Å². The fourth-order valence-corrected chi connectivity index (χ4v) is 2.68. The predicted molar refractivity (Wildman–Crippen MR) is 68.1 cm³/mol. The van der Waals surface area contributed by atoms with Gasteiger partial charge in [-0.3, -0.25) is 0 Å². The van der Waals surface area contributed by atoms with Crippen LogP contribution in [-0.4, -0.2) is 25.6 Å². The first-order chi connectivity index (χ1) is 9.62. The first-order valence-corrected chi connectivity index (χ1v) is 6.98. The first-order valence-electron chi connectivity index (χ1n) is 6.98. The van der Waals surface area contributed by atoms with Gasteiger partial charge in [0, 0.05) is 18.2 Å². The molecule has 0 spiro atoms. The minimum absolute atomic E-state index is 0.261. The van der Waals surface area contributed by atoms with E-state index in [1.165, 1.54) is 12.1 Å². The molecule has 2 heterocycles. The molecule has 0 amide bonds. The van der Waals surface area contributed by atoms with Crippen molar-refractivity contribution in [3.8, 4) is 0 Å². The fourth-order valence-electron chi connectivity index (χ4n) is 2.68. The van der Waals surface area contributed by atoms with Gasteiger partial charge in [-0.1, -0.05) is 6.07 Å². The summed E-state index contributed by atoms with van der Waals surface area (Å²) in [5, 5.41) is 0. The second-order valence-corrected chi connectivity index (χ2v) is 5.38. The summed E-state index contributed by atoms with van der Waals surface area (Å²) in [4.78, 5) is 0. The van der Waals surface area contributed by atoms with Crippen LogP contribution in [0.4, 0.5) is 8.78 Å². The first kappa shape index (κ1) is 13.9. The lowest BCUT2D eigenvalue weighted by atomic mass is 9.94. The lowest BCUT2D eigenvalue weighted by molar-refractivity contribution is -0.197. The largest absolute Gasteiger partial charge is 0.362 e. The number of hydrogen-bond acceptors (Lipinski definition) is 3. The molecule has 0 radical (unpaired) electrons. The van der Waals surface area contributed by atoms with Gasteiger partial charge in [-0.2, -0.15) is 0 Å². The van der Waals surface area contributed by atoms with E-state index >= 15 is 0 Å². The molecule has 2 unspecified atom stereocenters. The van der Waals surface area contributed by atoms with Crippen LogP contribution in [0.5, 0.6) is 0 Å². The van der Waals surface area contributed by atoms with Crippen LogP contribution >= 0.6 is 0 Å². The van der Waals surface area contributed by atoms with Crippen LogP contribution in [-0.2, 0) is 19.8 Å². The maximum Gasteiger partial charge on any atom is 0.158 e. The summed E-state index contributed by atoms with van der Waals surface area (Å²) in [6, 6.07) is 3.55. The highest BCUT2D eigenvalue weighted by atomic mass is 19.1. The Morgan fingerprint density at radius 2 is 2.15 bits per heavy atom. The number of epoxide rings is 1. The van der Waals surface area contributed by atoms with E-state index in [0.29, 0.717) is 18.8 Å². The van der Waals surface area contributed by atoms with Crippen LogP contribution in [0, 0.1) is 11.6 Å². The third kappa shape index (κ3) is 2.57. The van der Waals surface area contributed by atoms with Gasteiger partial charge in [-0.15, -0.1) is 0 Å². The van der Waals surface area contributed by atoms with Gasteiger partial charge in [-0.05, 0) is 32.3 Å². The molecule has 20 heavy (non-hydrogen) atoms. The van der Waals surface area contributed by atoms with Crippen LogP contribution in [0.25, 0.3) is 0 Å². The number of ether oxygens (including phenoxy) is 3. The minimum atomic E-state index is -0.807. The SMILES string of the molecule is C[C@@H](OC1CCCCO1)C1(c2ccc(F)cc2F)CO1. The molecule has 0 aromatic heterocycles. The van der Waals surface area contributed by atoms with Gasteiger partial charge in [0.05, 0.1) is 12.7 Å². The summed E-state index contributed by atoms with van der Waals surface area (Å²) in [7, 11) is 0. The number of halogens is 2. The molecule has 1 aromatic carbocycles. The zero-order valence-electron chi connectivity index (χ0n) is 11.4. The molecular formula is C15H18F2O3. The predicted octanol–water partition coefficient (Wildman–Crippen LogP) is 3.12. The Morgan fingerprint density at radius 3 is 2.75 bits per heavy atom. The van der Waals surface area contributed by atoms with E-state index in [1.54, 1.807) is 0 Å². The summed E-state index contributed by atoms with van der Waals surface area (Å²) in [5.41, 5.74) is -0.458. The third-order valence-electron chi connectivity index (χ3n) is 3.99. The molecule has 2 aliphatic rings. The van der Waals surface area contributed by atoms with E-state index in [9.17, 15) is 8.78 Å². The average Bonchev–Trinajstić information content (AvgIpc) is 3.21. The maximum absolute atomic E-state index is 13.9. The normalized spacial score (nSPS) is 31.1. The number of rotatable bonds is 4. The van der Waals surface area contributed by atoms with Gasteiger partial charge in [0.25, 0.3) is 0 Å². The van der Waals surface area contributed by atoms with Crippen LogP contribution in [0.15, 0.2) is 18.2 Å². The van der Waals surface area contributed by atoms with Crippen molar-refractivity contribution in [1.29, 1.82) is 0 Å². The molecule has 1 aromatic rings. The van der Waals surface area contributed by atoms with Crippen LogP contribution in [0.2, 0.25) is 0 Å². The summed E-state index contributed by atoms with van der Waals surface area (Å²) >= 11 is 0. The molecule has 3 atom stereocenters. The monoisotopic (exact) mass is 284 g/mol. The van der Waals surface area contributed by atoms with Crippen molar-refractivity contribution in [2.24, 2.45) is 0 Å². The standard InChI is InChI=1S/C15H18F2O3/c1-10(20-14-4-2-3-7-18-14)15(9-19-15)12-6-5-11(16)8-13(12)17/h5-6,8,10,14H,2-4,7,9H2,1H3/t10-,14?,15?/m1/s1. The van der Waals surface area contributed by atoms with Gasteiger partial charge >= 0.3 is 0 Å². The molecule has 2 aliphatic heterocycles. The maximum atomic E-state index is 13.9. The van der Waals surface area contributed by atoms with E-state index in [1.807, 2.05) is 6.92 Å². The van der Waals surface area contributed by atoms with Crippen molar-refractivity contribution >= 4 is 0 Å². The Balaban J connectivity index is 1.74. The zero-order valence-corrected chi connectivity index (χ0v) is 11.4. The van der Waals surface area contributed by atoms with E-state index in [2.05, 4.69) is 0 Å². The van der Waals surface area contributed by atoms with Crippen molar-refractivity contribution in [2.75, 3.05) is 13.2 Å². The van der Waals surface area contributed by atoms with Crippen molar-refractivity contribution in [2.45, 2.75) is 44.2 Å². The van der Waals surface area contributed by atoms with Gasteiger partial charge < -0.3 is 14.2 Å². The smallest absolute Gasteiger partial charge is 0.158 e. The Bertz CT molecular complexity index is 482. The minimum Gasteiger partial charge on any atom is -0.362 e. The Labute approximate surface area is 116 Å². The lowest BCUT2D eigenvalue weighted by Gasteiger charge is -2.29. The molecule has 3 rings (SSSR count). The average molecular weight is 284 g/mol. The molecule has 110 valence electrons. The summed E-state index contributed by atoms with van der Waals surface area (Å²) in [6.45, 7) is 2.91. The number of benzene rings is 1. The molecule has 2 saturated heterocycles. The molecule has 2 fully saturated rings. The Kier molecular flexibility index (Phi) is 3.75. The molecule has 0 saturated carbocycles. The quantitative estimate of drug-likeness (QED) is 0.796. The van der Waals surface area contributed by atoms with Crippen molar-refractivity contribution in [3.05, 3.63) is 35.4 Å². The highest BCUT2D eigenvalue weighted by Gasteiger charge is 2.54. The fraction of sp³-hybridized carbons (Fsp3) is 0.600. The Hall–Kier alpha value is -1.04. The topological polar surface area (TPSA) is 31.0 Å².